The van der Waals surface area contributed by atoms with Gasteiger partial charge < -0.3 is 5.32 Å². The topological polar surface area (TPSA) is 24.9 Å². The maximum absolute atomic E-state index is 4.77. The predicted octanol–water partition coefficient (Wildman–Crippen LogP) is 3.62. The van der Waals surface area contributed by atoms with Crippen LogP contribution in [0.2, 0.25) is 0 Å². The van der Waals surface area contributed by atoms with Crippen LogP contribution < -0.4 is 5.32 Å². The summed E-state index contributed by atoms with van der Waals surface area (Å²) >= 11 is 1.86. The highest BCUT2D eigenvalue weighted by Gasteiger charge is 2.47. The molecule has 2 nitrogen and oxygen atoms in total. The molecule has 1 aliphatic rings. The second-order valence-corrected chi connectivity index (χ2v) is 6.51. The number of nitrogens with one attached hydrogen (secondary N) is 1. The van der Waals surface area contributed by atoms with E-state index in [0.717, 1.165) is 18.5 Å². The molecule has 18 heavy (non-hydrogen) atoms. The van der Waals surface area contributed by atoms with Gasteiger partial charge in [0.25, 0.3) is 0 Å². The summed E-state index contributed by atoms with van der Waals surface area (Å²) in [7, 11) is 0. The Morgan fingerprint density at radius 1 is 1.39 bits per heavy atom. The van der Waals surface area contributed by atoms with Crippen LogP contribution in [0.1, 0.15) is 31.7 Å². The van der Waals surface area contributed by atoms with E-state index in [4.69, 9.17) is 4.98 Å². The molecule has 3 rings (SSSR count). The van der Waals surface area contributed by atoms with Gasteiger partial charge in [-0.1, -0.05) is 19.1 Å². The minimum Gasteiger partial charge on any atom is -0.314 e. The third-order valence-electron chi connectivity index (χ3n) is 4.16. The van der Waals surface area contributed by atoms with E-state index in [0.29, 0.717) is 11.5 Å². The number of benzene rings is 1. The fourth-order valence-corrected chi connectivity index (χ4v) is 3.87. The van der Waals surface area contributed by atoms with Crippen molar-refractivity contribution in [3.8, 4) is 0 Å². The van der Waals surface area contributed by atoms with E-state index < -0.39 is 0 Å². The lowest BCUT2D eigenvalue weighted by Gasteiger charge is -2.23. The third kappa shape index (κ3) is 2.17. The van der Waals surface area contributed by atoms with Crippen molar-refractivity contribution in [2.75, 3.05) is 6.54 Å². The molecule has 1 N–H and O–H groups in total. The molecule has 0 saturated heterocycles. The van der Waals surface area contributed by atoms with Crippen LogP contribution in [0.3, 0.4) is 0 Å². The molecule has 1 atom stereocenters. The quantitative estimate of drug-likeness (QED) is 0.888. The first-order chi connectivity index (χ1) is 8.73. The van der Waals surface area contributed by atoms with Crippen LogP contribution in [0, 0.1) is 5.41 Å². The lowest BCUT2D eigenvalue weighted by atomic mass is 9.94. The third-order valence-corrected chi connectivity index (χ3v) is 5.20. The zero-order valence-corrected chi connectivity index (χ0v) is 11.9. The van der Waals surface area contributed by atoms with Gasteiger partial charge >= 0.3 is 0 Å². The zero-order chi connectivity index (χ0) is 12.6. The minimum atomic E-state index is 0.476. The Balaban J connectivity index is 1.80. The molecule has 1 fully saturated rings. The first-order valence-corrected chi connectivity index (χ1v) is 7.63. The molecule has 96 valence electrons. The van der Waals surface area contributed by atoms with Crippen molar-refractivity contribution in [1.82, 2.24) is 10.3 Å². The molecule has 1 aliphatic carbocycles. The number of aromatic nitrogens is 1. The average Bonchev–Trinajstić information content (AvgIpc) is 3.02. The molecule has 1 saturated carbocycles. The van der Waals surface area contributed by atoms with Crippen LogP contribution in [-0.4, -0.2) is 17.6 Å². The Morgan fingerprint density at radius 2 is 2.17 bits per heavy atom. The Hall–Kier alpha value is -0.930. The van der Waals surface area contributed by atoms with Crippen molar-refractivity contribution >= 4 is 21.6 Å². The number of thiazole rings is 1. The summed E-state index contributed by atoms with van der Waals surface area (Å²) < 4.78 is 1.32. The van der Waals surface area contributed by atoms with Gasteiger partial charge in [0.15, 0.2) is 0 Å². The fraction of sp³-hybridized carbons (Fsp3) is 0.533. The number of rotatable bonds is 5. The first-order valence-electron chi connectivity index (χ1n) is 6.81. The van der Waals surface area contributed by atoms with E-state index in [1.807, 2.05) is 11.3 Å². The van der Waals surface area contributed by atoms with Gasteiger partial charge in [-0.2, -0.15) is 0 Å². The highest BCUT2D eigenvalue weighted by molar-refractivity contribution is 7.18. The van der Waals surface area contributed by atoms with Gasteiger partial charge in [0.2, 0.25) is 0 Å². The predicted molar refractivity (Wildman–Crippen MR) is 78.1 cm³/mol. The Kier molecular flexibility index (Phi) is 3.12. The maximum Gasteiger partial charge on any atom is 0.0944 e. The van der Waals surface area contributed by atoms with E-state index >= 15 is 0 Å². The van der Waals surface area contributed by atoms with Gasteiger partial charge in [-0.05, 0) is 43.9 Å². The van der Waals surface area contributed by atoms with E-state index in [2.05, 4.69) is 43.4 Å². The maximum atomic E-state index is 4.77. The SMILES string of the molecule is CCNC(C)C1(Cc2nc3ccccc3s2)CC1. The van der Waals surface area contributed by atoms with E-state index in [-0.39, 0.29) is 0 Å². The molecule has 0 radical (unpaired) electrons. The molecule has 3 heteroatoms. The molecule has 0 spiro atoms. The van der Waals surface area contributed by atoms with Crippen molar-refractivity contribution < 1.29 is 0 Å². The normalized spacial score (nSPS) is 19.0. The summed E-state index contributed by atoms with van der Waals surface area (Å²) in [6.45, 7) is 5.57. The molecule has 1 aromatic carbocycles. The lowest BCUT2D eigenvalue weighted by molar-refractivity contribution is 0.355. The number of para-hydroxylation sites is 1. The summed E-state index contributed by atoms with van der Waals surface area (Å²) in [6, 6.07) is 9.06. The van der Waals surface area contributed by atoms with Crippen LogP contribution in [-0.2, 0) is 6.42 Å². The fourth-order valence-electron chi connectivity index (χ4n) is 2.74. The van der Waals surface area contributed by atoms with Crippen LogP contribution in [0.25, 0.3) is 10.2 Å². The van der Waals surface area contributed by atoms with E-state index in [1.165, 1.54) is 22.5 Å². The molecule has 1 heterocycles. The van der Waals surface area contributed by atoms with Crippen molar-refractivity contribution in [2.45, 2.75) is 39.2 Å². The van der Waals surface area contributed by atoms with Crippen LogP contribution in [0.15, 0.2) is 24.3 Å². The van der Waals surface area contributed by atoms with Crippen LogP contribution in [0.4, 0.5) is 0 Å². The number of hydrogen-bond acceptors (Lipinski definition) is 3. The van der Waals surface area contributed by atoms with Crippen molar-refractivity contribution in [3.05, 3.63) is 29.3 Å². The Morgan fingerprint density at radius 3 is 2.83 bits per heavy atom. The van der Waals surface area contributed by atoms with Crippen molar-refractivity contribution in [3.63, 3.8) is 0 Å². The summed E-state index contributed by atoms with van der Waals surface area (Å²) in [5, 5.41) is 4.88. The number of hydrogen-bond donors (Lipinski definition) is 1. The van der Waals surface area contributed by atoms with Gasteiger partial charge in [-0.3, -0.25) is 0 Å². The standard InChI is InChI=1S/C15H20N2S/c1-3-16-11(2)15(8-9-15)10-14-17-12-6-4-5-7-13(12)18-14/h4-7,11,16H,3,8-10H2,1-2H3. The van der Waals surface area contributed by atoms with Gasteiger partial charge in [0.1, 0.15) is 0 Å². The smallest absolute Gasteiger partial charge is 0.0944 e. The summed E-state index contributed by atoms with van der Waals surface area (Å²) in [5.74, 6) is 0. The first kappa shape index (κ1) is 12.1. The molecular weight excluding hydrogens is 240 g/mol. The molecular formula is C15H20N2S. The average molecular weight is 260 g/mol. The highest BCUT2D eigenvalue weighted by Crippen LogP contribution is 2.51. The second-order valence-electron chi connectivity index (χ2n) is 5.39. The Labute approximate surface area is 112 Å². The zero-order valence-electron chi connectivity index (χ0n) is 11.1. The summed E-state index contributed by atoms with van der Waals surface area (Å²) in [4.78, 5) is 4.77. The molecule has 0 bridgehead atoms. The lowest BCUT2D eigenvalue weighted by Crippen LogP contribution is -2.35. The monoisotopic (exact) mass is 260 g/mol. The van der Waals surface area contributed by atoms with Crippen LogP contribution in [0.5, 0.6) is 0 Å². The summed E-state index contributed by atoms with van der Waals surface area (Å²) in [6.07, 6.45) is 3.83. The van der Waals surface area contributed by atoms with Gasteiger partial charge in [-0.15, -0.1) is 11.3 Å². The van der Waals surface area contributed by atoms with Gasteiger partial charge in [0.05, 0.1) is 15.2 Å². The highest BCUT2D eigenvalue weighted by atomic mass is 32.1. The largest absolute Gasteiger partial charge is 0.314 e. The Bertz CT molecular complexity index is 509. The van der Waals surface area contributed by atoms with E-state index in [9.17, 15) is 0 Å². The molecule has 0 amide bonds. The molecule has 2 aromatic rings. The van der Waals surface area contributed by atoms with E-state index in [1.54, 1.807) is 0 Å². The number of nitrogens with zero attached hydrogens (tertiary/aromatic N) is 1. The minimum absolute atomic E-state index is 0.476. The molecule has 0 aliphatic heterocycles. The number of fused-ring (bicyclic) bond motifs is 1. The van der Waals surface area contributed by atoms with Crippen molar-refractivity contribution in [2.24, 2.45) is 5.41 Å². The molecule has 1 aromatic heterocycles. The van der Waals surface area contributed by atoms with Gasteiger partial charge in [0, 0.05) is 12.5 Å². The molecule has 1 unspecified atom stereocenters. The second kappa shape index (κ2) is 4.63. The van der Waals surface area contributed by atoms with Gasteiger partial charge in [-0.25, -0.2) is 4.98 Å². The van der Waals surface area contributed by atoms with Crippen molar-refractivity contribution in [1.29, 1.82) is 0 Å². The summed E-state index contributed by atoms with van der Waals surface area (Å²) in [5.41, 5.74) is 1.63. The van der Waals surface area contributed by atoms with Crippen LogP contribution >= 0.6 is 11.3 Å².